The number of benzene rings is 2. The van der Waals surface area contributed by atoms with Crippen molar-refractivity contribution in [2.75, 3.05) is 0 Å². The molecule has 2 fully saturated rings. The van der Waals surface area contributed by atoms with E-state index in [0.717, 1.165) is 30.4 Å². The molecule has 2 aromatic carbocycles. The Balaban J connectivity index is 1.66. The van der Waals surface area contributed by atoms with Gasteiger partial charge >= 0.3 is 5.97 Å². The zero-order valence-corrected chi connectivity index (χ0v) is 12.3. The Morgan fingerprint density at radius 1 is 1.00 bits per heavy atom. The summed E-state index contributed by atoms with van der Waals surface area (Å²) in [6.45, 7) is 0. The molecule has 0 aromatic heterocycles. The lowest BCUT2D eigenvalue weighted by Crippen LogP contribution is -2.33. The fourth-order valence-corrected chi connectivity index (χ4v) is 2.99. The molecule has 2 atom stereocenters. The minimum absolute atomic E-state index is 0.0636. The summed E-state index contributed by atoms with van der Waals surface area (Å²) in [5.74, 6) is -0.253. The summed E-state index contributed by atoms with van der Waals surface area (Å²) in [7, 11) is 0. The van der Waals surface area contributed by atoms with Gasteiger partial charge in [0.15, 0.2) is 0 Å². The Hall–Kier alpha value is -2.13. The van der Waals surface area contributed by atoms with Gasteiger partial charge in [-0.2, -0.15) is 0 Å². The minimum atomic E-state index is -0.974. The van der Waals surface area contributed by atoms with Crippen molar-refractivity contribution in [3.63, 3.8) is 0 Å². The zero-order chi connectivity index (χ0) is 15.0. The van der Waals surface area contributed by atoms with Crippen LogP contribution < -0.4 is 0 Å². The predicted octanol–water partition coefficient (Wildman–Crippen LogP) is 3.75. The van der Waals surface area contributed by atoms with Gasteiger partial charge in [0.05, 0.1) is 0 Å². The summed E-state index contributed by atoms with van der Waals surface area (Å²) < 4.78 is 11.6. The third-order valence-electron chi connectivity index (χ3n) is 4.55. The van der Waals surface area contributed by atoms with Crippen molar-refractivity contribution in [1.29, 1.82) is 0 Å². The first-order valence-corrected chi connectivity index (χ1v) is 7.80. The van der Waals surface area contributed by atoms with Crippen molar-refractivity contribution in [3.05, 3.63) is 71.8 Å². The van der Waals surface area contributed by atoms with Crippen LogP contribution in [-0.4, -0.2) is 12.1 Å². The summed E-state index contributed by atoms with van der Waals surface area (Å²) in [4.78, 5) is 12.8. The Labute approximate surface area is 129 Å². The van der Waals surface area contributed by atoms with Gasteiger partial charge in [-0.3, -0.25) is 0 Å². The summed E-state index contributed by atoms with van der Waals surface area (Å²) >= 11 is 0. The summed E-state index contributed by atoms with van der Waals surface area (Å²) in [6, 6.07) is 19.5. The van der Waals surface area contributed by atoms with Gasteiger partial charge in [-0.15, -0.1) is 0 Å². The molecule has 2 aromatic rings. The van der Waals surface area contributed by atoms with Crippen molar-refractivity contribution >= 4 is 5.97 Å². The molecule has 22 heavy (non-hydrogen) atoms. The van der Waals surface area contributed by atoms with Crippen LogP contribution in [0.3, 0.4) is 0 Å². The molecule has 0 radical (unpaired) electrons. The number of hydrogen-bond acceptors (Lipinski definition) is 3. The molecule has 0 N–H and O–H groups in total. The van der Waals surface area contributed by atoms with E-state index in [4.69, 9.17) is 9.47 Å². The average Bonchev–Trinajstić information content (AvgIpc) is 3.29. The number of rotatable bonds is 4. The number of esters is 1. The van der Waals surface area contributed by atoms with Crippen LogP contribution in [0.15, 0.2) is 60.7 Å². The van der Waals surface area contributed by atoms with Crippen LogP contribution in [0.4, 0.5) is 0 Å². The Kier molecular flexibility index (Phi) is 3.23. The molecule has 2 aliphatic rings. The Morgan fingerprint density at radius 3 is 2.23 bits per heavy atom. The van der Waals surface area contributed by atoms with Gasteiger partial charge in [-0.05, 0) is 30.4 Å². The number of carbonyl (C=O) groups excluding carboxylic acids is 1. The van der Waals surface area contributed by atoms with E-state index < -0.39 is 5.60 Å². The maximum absolute atomic E-state index is 12.8. The minimum Gasteiger partial charge on any atom is -0.460 e. The van der Waals surface area contributed by atoms with Crippen molar-refractivity contribution in [3.8, 4) is 0 Å². The van der Waals surface area contributed by atoms with Gasteiger partial charge in [0.1, 0.15) is 12.2 Å². The molecule has 1 saturated heterocycles. The lowest BCUT2D eigenvalue weighted by molar-refractivity contribution is -0.160. The highest BCUT2D eigenvalue weighted by molar-refractivity contribution is 5.86. The molecule has 1 aliphatic heterocycles. The monoisotopic (exact) mass is 294 g/mol. The largest absolute Gasteiger partial charge is 0.460 e. The molecule has 1 aliphatic carbocycles. The lowest BCUT2D eigenvalue weighted by Gasteiger charge is -2.27. The van der Waals surface area contributed by atoms with Crippen molar-refractivity contribution in [2.24, 2.45) is 0 Å². The highest BCUT2D eigenvalue weighted by Crippen LogP contribution is 2.58. The lowest BCUT2D eigenvalue weighted by atomic mass is 9.91. The molecule has 0 amide bonds. The Morgan fingerprint density at radius 2 is 1.64 bits per heavy atom. The number of ether oxygens (including phenoxy) is 2. The first-order chi connectivity index (χ1) is 10.8. The number of epoxide rings is 1. The molecule has 1 heterocycles. The second-order valence-electron chi connectivity index (χ2n) is 5.97. The standard InChI is InChI=1S/C19H18O3/c20-18(21-16-12-7-13-16)19(15-10-5-2-6-11-15)17(22-19)14-8-3-1-4-9-14/h1-6,8-11,16-17H,7,12-13H2. The van der Waals surface area contributed by atoms with E-state index in [9.17, 15) is 4.79 Å². The number of carbonyl (C=O) groups is 1. The smallest absolute Gasteiger partial charge is 0.346 e. The number of hydrogen-bond donors (Lipinski definition) is 0. The van der Waals surface area contributed by atoms with E-state index in [1.165, 1.54) is 0 Å². The molecule has 112 valence electrons. The SMILES string of the molecule is O=C(OC1CCC1)C1(c2ccccc2)OC1c1ccccc1. The van der Waals surface area contributed by atoms with Crippen LogP contribution in [0.25, 0.3) is 0 Å². The van der Waals surface area contributed by atoms with Crippen molar-refractivity contribution < 1.29 is 14.3 Å². The fourth-order valence-electron chi connectivity index (χ4n) is 2.99. The van der Waals surface area contributed by atoms with Crippen LogP contribution in [0.2, 0.25) is 0 Å². The summed E-state index contributed by atoms with van der Waals surface area (Å²) in [5.41, 5.74) is 0.906. The first kappa shape index (κ1) is 13.5. The highest BCUT2D eigenvalue weighted by Gasteiger charge is 2.66. The van der Waals surface area contributed by atoms with Crippen LogP contribution in [0.1, 0.15) is 36.5 Å². The van der Waals surface area contributed by atoms with Crippen molar-refractivity contribution in [2.45, 2.75) is 37.1 Å². The molecule has 1 saturated carbocycles. The maximum atomic E-state index is 12.8. The van der Waals surface area contributed by atoms with E-state index >= 15 is 0 Å². The van der Waals surface area contributed by atoms with E-state index in [1.54, 1.807) is 0 Å². The molecule has 4 rings (SSSR count). The highest BCUT2D eigenvalue weighted by atomic mass is 16.7. The molecule has 3 heteroatoms. The maximum Gasteiger partial charge on any atom is 0.346 e. The third kappa shape index (κ3) is 2.13. The fraction of sp³-hybridized carbons (Fsp3) is 0.316. The zero-order valence-electron chi connectivity index (χ0n) is 12.3. The van der Waals surface area contributed by atoms with Gasteiger partial charge in [0.25, 0.3) is 0 Å². The van der Waals surface area contributed by atoms with Crippen LogP contribution in [-0.2, 0) is 19.9 Å². The second kappa shape index (κ2) is 5.25. The van der Waals surface area contributed by atoms with E-state index in [2.05, 4.69) is 0 Å². The molecular weight excluding hydrogens is 276 g/mol. The second-order valence-corrected chi connectivity index (χ2v) is 5.97. The van der Waals surface area contributed by atoms with Gasteiger partial charge in [-0.25, -0.2) is 4.79 Å². The summed E-state index contributed by atoms with van der Waals surface area (Å²) in [6.07, 6.45) is 2.87. The van der Waals surface area contributed by atoms with Crippen LogP contribution in [0.5, 0.6) is 0 Å². The normalized spacial score (nSPS) is 27.0. The molecule has 3 nitrogen and oxygen atoms in total. The van der Waals surface area contributed by atoms with E-state index in [1.807, 2.05) is 60.7 Å². The Bertz CT molecular complexity index is 664. The molecular formula is C19H18O3. The summed E-state index contributed by atoms with van der Waals surface area (Å²) in [5, 5.41) is 0. The predicted molar refractivity (Wildman–Crippen MR) is 82.1 cm³/mol. The topological polar surface area (TPSA) is 38.8 Å². The van der Waals surface area contributed by atoms with Gasteiger partial charge in [0.2, 0.25) is 5.60 Å². The van der Waals surface area contributed by atoms with Gasteiger partial charge in [0, 0.05) is 0 Å². The first-order valence-electron chi connectivity index (χ1n) is 7.80. The quantitative estimate of drug-likeness (QED) is 0.637. The van der Waals surface area contributed by atoms with Crippen LogP contribution >= 0.6 is 0 Å². The molecule has 2 unspecified atom stereocenters. The van der Waals surface area contributed by atoms with E-state index in [0.29, 0.717) is 0 Å². The van der Waals surface area contributed by atoms with Gasteiger partial charge in [-0.1, -0.05) is 60.7 Å². The average molecular weight is 294 g/mol. The third-order valence-corrected chi connectivity index (χ3v) is 4.55. The van der Waals surface area contributed by atoms with Crippen LogP contribution in [0, 0.1) is 0 Å². The molecule has 0 bridgehead atoms. The van der Waals surface area contributed by atoms with Gasteiger partial charge < -0.3 is 9.47 Å². The molecule has 0 spiro atoms. The van der Waals surface area contributed by atoms with E-state index in [-0.39, 0.29) is 18.2 Å². The van der Waals surface area contributed by atoms with Crippen molar-refractivity contribution in [1.82, 2.24) is 0 Å².